The molecule has 1 atom stereocenters. The molecule has 0 bridgehead atoms. The Labute approximate surface area is 226 Å². The van der Waals surface area contributed by atoms with Crippen molar-refractivity contribution in [2.75, 3.05) is 0 Å². The molecule has 0 fully saturated rings. The van der Waals surface area contributed by atoms with Gasteiger partial charge >= 0.3 is 11.9 Å². The predicted octanol–water partition coefficient (Wildman–Crippen LogP) is 11.3. The molecule has 0 rings (SSSR count). The Morgan fingerprint density at radius 1 is 0.444 bits per heavy atom. The lowest BCUT2D eigenvalue weighted by atomic mass is 9.94. The van der Waals surface area contributed by atoms with Crippen LogP contribution in [0.15, 0.2) is 0 Å². The van der Waals surface area contributed by atoms with Gasteiger partial charge in [0.1, 0.15) is 0 Å². The van der Waals surface area contributed by atoms with Gasteiger partial charge in [0.15, 0.2) is 0 Å². The molecule has 0 saturated carbocycles. The number of carbonyl (C=O) groups excluding carboxylic acids is 2. The second-order valence-corrected chi connectivity index (χ2v) is 11.2. The largest absolute Gasteiger partial charge is 0.393 e. The summed E-state index contributed by atoms with van der Waals surface area (Å²) in [5.41, 5.74) is 0. The van der Waals surface area contributed by atoms with E-state index in [1.165, 1.54) is 128 Å². The van der Waals surface area contributed by atoms with Crippen LogP contribution >= 0.6 is 0 Å². The van der Waals surface area contributed by atoms with Crippen molar-refractivity contribution in [3.63, 3.8) is 0 Å². The smallest absolute Gasteiger partial charge is 0.316 e. The standard InChI is InChI=1S/C33H64O3/c1-4-7-10-13-14-15-16-17-18-19-20-21-22-24-27-30-32(34)36-33(35)31(28-25-12-9-6-3)29-26-23-11-8-5-2/h31H,4-30H2,1-3H3. The zero-order valence-electron chi connectivity index (χ0n) is 24.9. The van der Waals surface area contributed by atoms with E-state index in [-0.39, 0.29) is 17.9 Å². The van der Waals surface area contributed by atoms with Crippen LogP contribution in [0.25, 0.3) is 0 Å². The molecular weight excluding hydrogens is 444 g/mol. The zero-order valence-corrected chi connectivity index (χ0v) is 24.9. The van der Waals surface area contributed by atoms with Crippen molar-refractivity contribution in [3.8, 4) is 0 Å². The van der Waals surface area contributed by atoms with Crippen LogP contribution < -0.4 is 0 Å². The SMILES string of the molecule is CCCCCCCCCCCCCCCCCC(=O)OC(=O)C(CCCCCC)CCCCCCC. The maximum absolute atomic E-state index is 12.7. The first-order valence-electron chi connectivity index (χ1n) is 16.4. The van der Waals surface area contributed by atoms with E-state index in [0.29, 0.717) is 6.42 Å². The lowest BCUT2D eigenvalue weighted by Gasteiger charge is -2.15. The van der Waals surface area contributed by atoms with Crippen molar-refractivity contribution in [2.24, 2.45) is 5.92 Å². The molecule has 0 amide bonds. The van der Waals surface area contributed by atoms with E-state index in [1.807, 2.05) is 0 Å². The van der Waals surface area contributed by atoms with E-state index in [2.05, 4.69) is 20.8 Å². The number of carbonyl (C=O) groups is 2. The van der Waals surface area contributed by atoms with Gasteiger partial charge in [-0.2, -0.15) is 0 Å². The minimum Gasteiger partial charge on any atom is -0.393 e. The third-order valence-electron chi connectivity index (χ3n) is 7.59. The average molecular weight is 509 g/mol. The van der Waals surface area contributed by atoms with Crippen LogP contribution in [0, 0.1) is 5.92 Å². The molecule has 0 aliphatic carbocycles. The summed E-state index contributed by atoms with van der Waals surface area (Å²) in [5.74, 6) is -0.652. The van der Waals surface area contributed by atoms with Gasteiger partial charge in [0.2, 0.25) is 0 Å². The molecule has 0 N–H and O–H groups in total. The highest BCUT2D eigenvalue weighted by Gasteiger charge is 2.22. The molecule has 3 nitrogen and oxygen atoms in total. The Balaban J connectivity index is 3.79. The second kappa shape index (κ2) is 28.7. The molecule has 3 heteroatoms. The number of esters is 2. The Morgan fingerprint density at radius 3 is 1.14 bits per heavy atom. The summed E-state index contributed by atoms with van der Waals surface area (Å²) in [5, 5.41) is 0. The summed E-state index contributed by atoms with van der Waals surface area (Å²) in [7, 11) is 0. The van der Waals surface area contributed by atoms with Crippen LogP contribution in [0.2, 0.25) is 0 Å². The van der Waals surface area contributed by atoms with Crippen molar-refractivity contribution in [1.29, 1.82) is 0 Å². The Hall–Kier alpha value is -0.860. The van der Waals surface area contributed by atoms with E-state index in [4.69, 9.17) is 4.74 Å². The van der Waals surface area contributed by atoms with Gasteiger partial charge in [0, 0.05) is 6.42 Å². The third kappa shape index (κ3) is 24.8. The van der Waals surface area contributed by atoms with Crippen LogP contribution in [-0.2, 0) is 14.3 Å². The van der Waals surface area contributed by atoms with E-state index in [1.54, 1.807) is 0 Å². The van der Waals surface area contributed by atoms with Gasteiger partial charge in [0.25, 0.3) is 0 Å². The fraction of sp³-hybridized carbons (Fsp3) is 0.939. The molecule has 0 heterocycles. The normalized spacial score (nSPS) is 12.1. The van der Waals surface area contributed by atoms with Gasteiger partial charge in [-0.1, -0.05) is 168 Å². The van der Waals surface area contributed by atoms with E-state index in [0.717, 1.165) is 38.5 Å². The van der Waals surface area contributed by atoms with Crippen LogP contribution in [-0.4, -0.2) is 11.9 Å². The predicted molar refractivity (Wildman–Crippen MR) is 156 cm³/mol. The number of hydrogen-bond acceptors (Lipinski definition) is 3. The molecule has 36 heavy (non-hydrogen) atoms. The van der Waals surface area contributed by atoms with Gasteiger partial charge in [-0.05, 0) is 19.3 Å². The molecule has 0 spiro atoms. The lowest BCUT2D eigenvalue weighted by molar-refractivity contribution is -0.163. The van der Waals surface area contributed by atoms with Crippen molar-refractivity contribution < 1.29 is 14.3 Å². The molecule has 0 radical (unpaired) electrons. The Bertz CT molecular complexity index is 474. The topological polar surface area (TPSA) is 43.4 Å². The molecule has 0 aliphatic rings. The molecule has 0 aromatic rings. The summed E-state index contributed by atoms with van der Waals surface area (Å²) < 4.78 is 5.29. The van der Waals surface area contributed by atoms with Gasteiger partial charge < -0.3 is 4.74 Å². The molecule has 0 saturated heterocycles. The molecule has 0 aromatic carbocycles. The minimum absolute atomic E-state index is 0.0894. The first kappa shape index (κ1) is 35.1. The molecule has 1 unspecified atom stereocenters. The molecule has 0 aromatic heterocycles. The number of unbranched alkanes of at least 4 members (excludes halogenated alkanes) is 21. The maximum atomic E-state index is 12.7. The van der Waals surface area contributed by atoms with E-state index >= 15 is 0 Å². The number of rotatable bonds is 28. The highest BCUT2D eigenvalue weighted by molar-refractivity contribution is 5.86. The first-order chi connectivity index (χ1) is 17.7. The first-order valence-corrected chi connectivity index (χ1v) is 16.4. The van der Waals surface area contributed by atoms with E-state index in [9.17, 15) is 9.59 Å². The van der Waals surface area contributed by atoms with Gasteiger partial charge in [-0.15, -0.1) is 0 Å². The monoisotopic (exact) mass is 508 g/mol. The van der Waals surface area contributed by atoms with Crippen LogP contribution in [0.4, 0.5) is 0 Å². The quantitative estimate of drug-likeness (QED) is 0.0599. The van der Waals surface area contributed by atoms with Crippen LogP contribution in [0.1, 0.15) is 194 Å². The van der Waals surface area contributed by atoms with Gasteiger partial charge in [-0.3, -0.25) is 9.59 Å². The maximum Gasteiger partial charge on any atom is 0.316 e. The van der Waals surface area contributed by atoms with Gasteiger partial charge in [-0.25, -0.2) is 0 Å². The highest BCUT2D eigenvalue weighted by atomic mass is 16.6. The average Bonchev–Trinajstić information content (AvgIpc) is 2.87. The second-order valence-electron chi connectivity index (χ2n) is 11.2. The van der Waals surface area contributed by atoms with Crippen molar-refractivity contribution in [2.45, 2.75) is 194 Å². The highest BCUT2D eigenvalue weighted by Crippen LogP contribution is 2.21. The molecule has 214 valence electrons. The van der Waals surface area contributed by atoms with Crippen molar-refractivity contribution >= 4 is 11.9 Å². The Morgan fingerprint density at radius 2 is 0.750 bits per heavy atom. The lowest BCUT2D eigenvalue weighted by Crippen LogP contribution is -2.21. The van der Waals surface area contributed by atoms with Crippen molar-refractivity contribution in [3.05, 3.63) is 0 Å². The Kier molecular flexibility index (Phi) is 28.0. The van der Waals surface area contributed by atoms with E-state index < -0.39 is 0 Å². The summed E-state index contributed by atoms with van der Waals surface area (Å²) in [4.78, 5) is 24.9. The number of hydrogen-bond donors (Lipinski definition) is 0. The van der Waals surface area contributed by atoms with Gasteiger partial charge in [0.05, 0.1) is 5.92 Å². The number of ether oxygens (including phenoxy) is 1. The van der Waals surface area contributed by atoms with Crippen LogP contribution in [0.5, 0.6) is 0 Å². The summed E-state index contributed by atoms with van der Waals surface area (Å²) in [6, 6.07) is 0. The summed E-state index contributed by atoms with van der Waals surface area (Å²) in [6.07, 6.45) is 32.4. The van der Waals surface area contributed by atoms with Crippen molar-refractivity contribution in [1.82, 2.24) is 0 Å². The zero-order chi connectivity index (χ0) is 26.5. The summed E-state index contributed by atoms with van der Waals surface area (Å²) in [6.45, 7) is 6.70. The third-order valence-corrected chi connectivity index (χ3v) is 7.59. The molecular formula is C33H64O3. The molecule has 0 aliphatic heterocycles. The summed E-state index contributed by atoms with van der Waals surface area (Å²) >= 11 is 0. The minimum atomic E-state index is -0.306. The van der Waals surface area contributed by atoms with Crippen LogP contribution in [0.3, 0.4) is 0 Å². The fourth-order valence-electron chi connectivity index (χ4n) is 5.08. The fourth-order valence-corrected chi connectivity index (χ4v) is 5.08.